The van der Waals surface area contributed by atoms with E-state index in [1.165, 1.54) is 16.1 Å². The van der Waals surface area contributed by atoms with Gasteiger partial charge in [0.15, 0.2) is 0 Å². The molecule has 0 saturated heterocycles. The number of carbonyl (C=O) groups excluding carboxylic acids is 2. The Bertz CT molecular complexity index is 840. The van der Waals surface area contributed by atoms with E-state index in [0.717, 1.165) is 25.2 Å². The summed E-state index contributed by atoms with van der Waals surface area (Å²) in [4.78, 5) is 27.5. The third kappa shape index (κ3) is 6.49. The Kier molecular flexibility index (Phi) is 6.79. The molecule has 0 radical (unpaired) electrons. The molecule has 0 saturated carbocycles. The standard InChI is InChI=1S/C22H29N3O3S/c1-22(2,3)28-21(27)23-12-4-5-20(26)24-17-6-8-18(9-7-17)25-13-10-19-16(15-25)11-14-29-19/h6-9,11,14H,4-5,10,12-13,15H2,1-3H3,(H,23,27)(H,24,26). The number of fused-ring (bicyclic) bond motifs is 1. The Morgan fingerprint density at radius 2 is 1.93 bits per heavy atom. The van der Waals surface area contributed by atoms with E-state index < -0.39 is 11.7 Å². The number of anilines is 2. The van der Waals surface area contributed by atoms with Crippen LogP contribution >= 0.6 is 11.3 Å². The molecule has 0 bridgehead atoms. The Morgan fingerprint density at radius 1 is 1.17 bits per heavy atom. The van der Waals surface area contributed by atoms with Gasteiger partial charge in [-0.3, -0.25) is 4.79 Å². The average molecular weight is 416 g/mol. The van der Waals surface area contributed by atoms with Crippen molar-refractivity contribution in [2.24, 2.45) is 0 Å². The summed E-state index contributed by atoms with van der Waals surface area (Å²) in [5.74, 6) is -0.0652. The molecule has 0 fully saturated rings. The quantitative estimate of drug-likeness (QED) is 0.679. The largest absolute Gasteiger partial charge is 0.444 e. The second-order valence-corrected chi connectivity index (χ2v) is 9.17. The summed E-state index contributed by atoms with van der Waals surface area (Å²) < 4.78 is 5.16. The van der Waals surface area contributed by atoms with Crippen molar-refractivity contribution < 1.29 is 14.3 Å². The van der Waals surface area contributed by atoms with E-state index in [2.05, 4.69) is 39.1 Å². The van der Waals surface area contributed by atoms with E-state index >= 15 is 0 Å². The van der Waals surface area contributed by atoms with Gasteiger partial charge in [0.05, 0.1) is 0 Å². The molecule has 2 amide bonds. The second-order valence-electron chi connectivity index (χ2n) is 8.17. The molecule has 3 rings (SSSR count). The minimum Gasteiger partial charge on any atom is -0.444 e. The maximum atomic E-state index is 12.1. The van der Waals surface area contributed by atoms with E-state index in [4.69, 9.17) is 4.74 Å². The molecule has 0 atom stereocenters. The van der Waals surface area contributed by atoms with Gasteiger partial charge in [-0.25, -0.2) is 4.79 Å². The van der Waals surface area contributed by atoms with Crippen molar-refractivity contribution in [1.29, 1.82) is 0 Å². The summed E-state index contributed by atoms with van der Waals surface area (Å²) in [5.41, 5.74) is 2.85. The van der Waals surface area contributed by atoms with E-state index in [9.17, 15) is 9.59 Å². The van der Waals surface area contributed by atoms with Gasteiger partial charge in [-0.2, -0.15) is 0 Å². The van der Waals surface area contributed by atoms with Crippen molar-refractivity contribution in [3.05, 3.63) is 46.2 Å². The average Bonchev–Trinajstić information content (AvgIpc) is 3.12. The minimum atomic E-state index is -0.520. The lowest BCUT2D eigenvalue weighted by atomic mass is 10.1. The van der Waals surface area contributed by atoms with Gasteiger partial charge < -0.3 is 20.3 Å². The fourth-order valence-electron chi connectivity index (χ4n) is 3.20. The van der Waals surface area contributed by atoms with Gasteiger partial charge in [-0.05, 0) is 74.9 Å². The molecule has 0 unspecified atom stereocenters. The number of rotatable bonds is 6. The number of amides is 2. The van der Waals surface area contributed by atoms with Crippen LogP contribution < -0.4 is 15.5 Å². The first-order chi connectivity index (χ1) is 13.8. The third-order valence-corrected chi connectivity index (χ3v) is 5.60. The maximum Gasteiger partial charge on any atom is 0.407 e. The van der Waals surface area contributed by atoms with Crippen LogP contribution in [0, 0.1) is 0 Å². The highest BCUT2D eigenvalue weighted by atomic mass is 32.1. The predicted octanol–water partition coefficient (Wildman–Crippen LogP) is 4.55. The first-order valence-electron chi connectivity index (χ1n) is 9.97. The Hall–Kier alpha value is -2.54. The van der Waals surface area contributed by atoms with Crippen molar-refractivity contribution in [2.45, 2.75) is 52.2 Å². The number of nitrogens with one attached hydrogen (secondary N) is 2. The molecule has 2 heterocycles. The molecular formula is C22H29N3O3S. The molecule has 1 aromatic heterocycles. The minimum absolute atomic E-state index is 0.0652. The molecule has 0 spiro atoms. The van der Waals surface area contributed by atoms with Gasteiger partial charge in [0.1, 0.15) is 5.60 Å². The van der Waals surface area contributed by atoms with Crippen molar-refractivity contribution in [3.63, 3.8) is 0 Å². The van der Waals surface area contributed by atoms with Crippen LogP contribution in [-0.2, 0) is 22.5 Å². The van der Waals surface area contributed by atoms with Crippen LogP contribution in [0.5, 0.6) is 0 Å². The smallest absolute Gasteiger partial charge is 0.407 e. The molecular weight excluding hydrogens is 386 g/mol. The number of alkyl carbamates (subject to hydrolysis) is 1. The fraction of sp³-hybridized carbons (Fsp3) is 0.455. The lowest BCUT2D eigenvalue weighted by molar-refractivity contribution is -0.116. The molecule has 6 nitrogen and oxygen atoms in total. The van der Waals surface area contributed by atoms with Crippen LogP contribution in [0.3, 0.4) is 0 Å². The topological polar surface area (TPSA) is 70.7 Å². The van der Waals surface area contributed by atoms with Crippen molar-refractivity contribution >= 4 is 34.7 Å². The third-order valence-electron chi connectivity index (χ3n) is 4.57. The summed E-state index contributed by atoms with van der Waals surface area (Å²) in [6.07, 6.45) is 1.52. The zero-order chi connectivity index (χ0) is 20.9. The van der Waals surface area contributed by atoms with Gasteiger partial charge in [0.25, 0.3) is 0 Å². The van der Waals surface area contributed by atoms with E-state index in [0.29, 0.717) is 19.4 Å². The molecule has 1 aromatic carbocycles. The van der Waals surface area contributed by atoms with Crippen LogP contribution in [0.4, 0.5) is 16.2 Å². The Balaban J connectivity index is 1.39. The number of nitrogens with zero attached hydrogens (tertiary/aromatic N) is 1. The highest BCUT2D eigenvalue weighted by Gasteiger charge is 2.18. The molecule has 7 heteroatoms. The van der Waals surface area contributed by atoms with Gasteiger partial charge >= 0.3 is 6.09 Å². The first kappa shape index (κ1) is 21.2. The summed E-state index contributed by atoms with van der Waals surface area (Å²) in [5, 5.41) is 7.73. The summed E-state index contributed by atoms with van der Waals surface area (Å²) >= 11 is 1.84. The fourth-order valence-corrected chi connectivity index (χ4v) is 4.09. The van der Waals surface area contributed by atoms with E-state index in [-0.39, 0.29) is 5.91 Å². The van der Waals surface area contributed by atoms with Crippen LogP contribution in [0.1, 0.15) is 44.1 Å². The van der Waals surface area contributed by atoms with Crippen molar-refractivity contribution in [1.82, 2.24) is 5.32 Å². The number of thiophene rings is 1. The highest BCUT2D eigenvalue weighted by Crippen LogP contribution is 2.28. The second kappa shape index (κ2) is 9.31. The monoisotopic (exact) mass is 415 g/mol. The van der Waals surface area contributed by atoms with Gasteiger partial charge in [-0.15, -0.1) is 11.3 Å². The van der Waals surface area contributed by atoms with Crippen LogP contribution in [-0.4, -0.2) is 30.7 Å². The van der Waals surface area contributed by atoms with Crippen molar-refractivity contribution in [3.8, 4) is 0 Å². The number of carbonyl (C=O) groups is 2. The number of benzene rings is 1. The van der Waals surface area contributed by atoms with Crippen LogP contribution in [0.15, 0.2) is 35.7 Å². The highest BCUT2D eigenvalue weighted by molar-refractivity contribution is 7.10. The molecule has 2 N–H and O–H groups in total. The number of hydrogen-bond acceptors (Lipinski definition) is 5. The molecule has 2 aromatic rings. The summed E-state index contributed by atoms with van der Waals surface area (Å²) in [6, 6.07) is 10.2. The zero-order valence-electron chi connectivity index (χ0n) is 17.3. The van der Waals surface area contributed by atoms with Crippen molar-refractivity contribution in [2.75, 3.05) is 23.3 Å². The number of ether oxygens (including phenoxy) is 1. The summed E-state index contributed by atoms with van der Waals surface area (Å²) in [6.45, 7) is 7.81. The van der Waals surface area contributed by atoms with Gasteiger partial charge in [0.2, 0.25) is 5.91 Å². The predicted molar refractivity (Wildman–Crippen MR) is 118 cm³/mol. The summed E-state index contributed by atoms with van der Waals surface area (Å²) in [7, 11) is 0. The normalized spacial score (nSPS) is 13.6. The lowest BCUT2D eigenvalue weighted by Gasteiger charge is -2.29. The van der Waals surface area contributed by atoms with E-state index in [1.54, 1.807) is 0 Å². The Morgan fingerprint density at radius 3 is 2.66 bits per heavy atom. The van der Waals surface area contributed by atoms with Gasteiger partial charge in [0, 0.05) is 42.3 Å². The van der Waals surface area contributed by atoms with E-state index in [1.807, 2.05) is 44.2 Å². The zero-order valence-corrected chi connectivity index (χ0v) is 18.1. The molecule has 0 aliphatic carbocycles. The molecule has 1 aliphatic rings. The Labute approximate surface area is 176 Å². The lowest BCUT2D eigenvalue weighted by Crippen LogP contribution is -2.33. The SMILES string of the molecule is CC(C)(C)OC(=O)NCCCC(=O)Nc1ccc(N2CCc3sccc3C2)cc1. The van der Waals surface area contributed by atoms with Crippen LogP contribution in [0.25, 0.3) is 0 Å². The van der Waals surface area contributed by atoms with Crippen LogP contribution in [0.2, 0.25) is 0 Å². The van der Waals surface area contributed by atoms with Gasteiger partial charge in [-0.1, -0.05) is 0 Å². The molecule has 29 heavy (non-hydrogen) atoms. The molecule has 1 aliphatic heterocycles. The first-order valence-corrected chi connectivity index (χ1v) is 10.8. The molecule has 156 valence electrons. The number of hydrogen-bond donors (Lipinski definition) is 2. The maximum absolute atomic E-state index is 12.1.